The van der Waals surface area contributed by atoms with Gasteiger partial charge in [0.2, 0.25) is 15.9 Å². The van der Waals surface area contributed by atoms with E-state index in [4.69, 9.17) is 4.52 Å². The number of nitrogens with zero attached hydrogens (tertiary/aromatic N) is 4. The highest BCUT2D eigenvalue weighted by Gasteiger charge is 2.25. The van der Waals surface area contributed by atoms with E-state index in [0.717, 1.165) is 43.6 Å². The Morgan fingerprint density at radius 2 is 1.96 bits per heavy atom. The number of thioether (sulfide) groups is 1. The third kappa shape index (κ3) is 5.08. The normalized spacial score (nSPS) is 17.6. The van der Waals surface area contributed by atoms with Gasteiger partial charge in [-0.2, -0.15) is 9.29 Å². The van der Waals surface area contributed by atoms with E-state index in [9.17, 15) is 8.42 Å². The van der Waals surface area contributed by atoms with Gasteiger partial charge in [0.05, 0.1) is 10.3 Å². The molecular formula is C18H26N4O3S2. The van der Waals surface area contributed by atoms with Gasteiger partial charge < -0.3 is 4.52 Å². The quantitative estimate of drug-likeness (QED) is 0.641. The molecule has 148 valence electrons. The summed E-state index contributed by atoms with van der Waals surface area (Å²) in [7, 11) is -3.47. The Morgan fingerprint density at radius 3 is 2.59 bits per heavy atom. The zero-order valence-electron chi connectivity index (χ0n) is 15.8. The third-order valence-corrected chi connectivity index (χ3v) is 7.44. The van der Waals surface area contributed by atoms with Crippen LogP contribution in [0, 0.1) is 0 Å². The summed E-state index contributed by atoms with van der Waals surface area (Å²) in [6, 6.07) is 3.38. The van der Waals surface area contributed by atoms with Gasteiger partial charge in [-0.3, -0.25) is 0 Å². The Bertz CT molecular complexity index is 829. The van der Waals surface area contributed by atoms with Crippen LogP contribution in [0.4, 0.5) is 0 Å². The molecule has 0 spiro atoms. The first-order valence-electron chi connectivity index (χ1n) is 9.46. The Hall–Kier alpha value is -1.45. The summed E-state index contributed by atoms with van der Waals surface area (Å²) < 4.78 is 32.5. The number of aryl methyl sites for hydroxylation is 1. The minimum Gasteiger partial charge on any atom is -0.338 e. The second-order valence-electron chi connectivity index (χ2n) is 6.71. The fourth-order valence-electron chi connectivity index (χ4n) is 3.01. The first-order valence-corrected chi connectivity index (χ1v) is 11.8. The standard InChI is InChI=1S/C18H26N4O3S2/c1-3-8-16-20-18(25-21-16)14(2)26-17-10-9-15(13-19-17)27(23,24)22-11-6-4-5-7-12-22/h9-10,13-14H,3-8,11-12H2,1-2H3/t14-/m0/s1. The maximum Gasteiger partial charge on any atom is 0.244 e. The van der Waals surface area contributed by atoms with Crippen molar-refractivity contribution in [2.75, 3.05) is 13.1 Å². The van der Waals surface area contributed by atoms with Crippen LogP contribution in [-0.2, 0) is 16.4 Å². The number of sulfonamides is 1. The summed E-state index contributed by atoms with van der Waals surface area (Å²) >= 11 is 1.47. The fourth-order valence-corrected chi connectivity index (χ4v) is 5.29. The first-order chi connectivity index (χ1) is 13.0. The van der Waals surface area contributed by atoms with Gasteiger partial charge in [0, 0.05) is 25.7 Å². The SMILES string of the molecule is CCCc1noc([C@H](C)Sc2ccc(S(=O)(=O)N3CCCCCC3)cn2)n1. The molecule has 3 heterocycles. The first kappa shape index (κ1) is 20.3. The molecule has 27 heavy (non-hydrogen) atoms. The Morgan fingerprint density at radius 1 is 1.22 bits per heavy atom. The molecule has 1 aliphatic heterocycles. The van der Waals surface area contributed by atoms with E-state index >= 15 is 0 Å². The van der Waals surface area contributed by atoms with Gasteiger partial charge in [0.15, 0.2) is 5.82 Å². The zero-order valence-corrected chi connectivity index (χ0v) is 17.4. The van der Waals surface area contributed by atoms with Crippen LogP contribution in [0.5, 0.6) is 0 Å². The minimum absolute atomic E-state index is 0.0522. The molecule has 0 aliphatic carbocycles. The molecular weight excluding hydrogens is 384 g/mol. The molecule has 2 aromatic heterocycles. The average Bonchev–Trinajstić information content (AvgIpc) is 2.95. The molecule has 9 heteroatoms. The summed E-state index contributed by atoms with van der Waals surface area (Å²) in [5.74, 6) is 1.28. The van der Waals surface area contributed by atoms with Crippen molar-refractivity contribution in [3.63, 3.8) is 0 Å². The van der Waals surface area contributed by atoms with Crippen LogP contribution < -0.4 is 0 Å². The highest BCUT2D eigenvalue weighted by atomic mass is 32.2. The van der Waals surface area contributed by atoms with E-state index in [1.54, 1.807) is 16.4 Å². The molecule has 1 atom stereocenters. The van der Waals surface area contributed by atoms with Gasteiger partial charge in [-0.1, -0.05) is 36.7 Å². The van der Waals surface area contributed by atoms with E-state index in [2.05, 4.69) is 22.0 Å². The van der Waals surface area contributed by atoms with Gasteiger partial charge in [0.1, 0.15) is 4.90 Å². The second-order valence-corrected chi connectivity index (χ2v) is 10.0. The van der Waals surface area contributed by atoms with Crippen LogP contribution in [0.1, 0.15) is 62.9 Å². The van der Waals surface area contributed by atoms with Crippen molar-refractivity contribution in [2.24, 2.45) is 0 Å². The monoisotopic (exact) mass is 410 g/mol. The van der Waals surface area contributed by atoms with Crippen LogP contribution in [0.3, 0.4) is 0 Å². The molecule has 7 nitrogen and oxygen atoms in total. The molecule has 0 N–H and O–H groups in total. The Balaban J connectivity index is 1.67. The number of aromatic nitrogens is 3. The predicted molar refractivity (Wildman–Crippen MR) is 104 cm³/mol. The van der Waals surface area contributed by atoms with Crippen molar-refractivity contribution in [3.8, 4) is 0 Å². The van der Waals surface area contributed by atoms with Crippen LogP contribution >= 0.6 is 11.8 Å². The minimum atomic E-state index is -3.47. The lowest BCUT2D eigenvalue weighted by atomic mass is 10.2. The molecule has 2 aromatic rings. The summed E-state index contributed by atoms with van der Waals surface area (Å²) in [6.45, 7) is 5.22. The molecule has 0 unspecified atom stereocenters. The fraction of sp³-hybridized carbons (Fsp3) is 0.611. The average molecular weight is 411 g/mol. The topological polar surface area (TPSA) is 89.2 Å². The lowest BCUT2D eigenvalue weighted by Crippen LogP contribution is -2.32. The van der Waals surface area contributed by atoms with E-state index in [1.165, 1.54) is 18.0 Å². The molecule has 1 fully saturated rings. The van der Waals surface area contributed by atoms with Crippen molar-refractivity contribution in [2.45, 2.75) is 67.5 Å². The molecule has 1 aliphatic rings. The van der Waals surface area contributed by atoms with Crippen molar-refractivity contribution >= 4 is 21.8 Å². The highest BCUT2D eigenvalue weighted by molar-refractivity contribution is 7.99. The van der Waals surface area contributed by atoms with Crippen LogP contribution in [0.15, 0.2) is 32.8 Å². The van der Waals surface area contributed by atoms with E-state index in [0.29, 0.717) is 24.8 Å². The second kappa shape index (κ2) is 9.16. The molecule has 3 rings (SSSR count). The maximum absolute atomic E-state index is 12.8. The van der Waals surface area contributed by atoms with Crippen LogP contribution in [0.2, 0.25) is 0 Å². The molecule has 0 saturated carbocycles. The summed E-state index contributed by atoms with van der Waals surface area (Å²) in [5.41, 5.74) is 0. The zero-order chi connectivity index (χ0) is 19.3. The van der Waals surface area contributed by atoms with Crippen LogP contribution in [0.25, 0.3) is 0 Å². The Kier molecular flexibility index (Phi) is 6.88. The summed E-state index contributed by atoms with van der Waals surface area (Å²) in [6.07, 6.45) is 7.23. The molecule has 1 saturated heterocycles. The number of rotatable bonds is 7. The van der Waals surface area contributed by atoms with Crippen molar-refractivity contribution in [3.05, 3.63) is 30.0 Å². The summed E-state index contributed by atoms with van der Waals surface area (Å²) in [4.78, 5) is 8.99. The van der Waals surface area contributed by atoms with Crippen molar-refractivity contribution in [1.29, 1.82) is 0 Å². The lowest BCUT2D eigenvalue weighted by molar-refractivity contribution is 0.374. The Labute approximate surface area is 165 Å². The van der Waals surface area contributed by atoms with E-state index < -0.39 is 10.0 Å². The van der Waals surface area contributed by atoms with Gasteiger partial charge >= 0.3 is 0 Å². The molecule has 0 amide bonds. The van der Waals surface area contributed by atoms with Gasteiger partial charge in [-0.05, 0) is 38.3 Å². The lowest BCUT2D eigenvalue weighted by Gasteiger charge is -2.19. The molecule has 0 radical (unpaired) electrons. The van der Waals surface area contributed by atoms with Crippen LogP contribution in [-0.4, -0.2) is 40.9 Å². The number of hydrogen-bond acceptors (Lipinski definition) is 7. The van der Waals surface area contributed by atoms with E-state index in [1.807, 2.05) is 6.92 Å². The maximum atomic E-state index is 12.8. The van der Waals surface area contributed by atoms with E-state index in [-0.39, 0.29) is 10.1 Å². The van der Waals surface area contributed by atoms with Gasteiger partial charge in [-0.15, -0.1) is 0 Å². The molecule has 0 bridgehead atoms. The largest absolute Gasteiger partial charge is 0.338 e. The number of hydrogen-bond donors (Lipinski definition) is 0. The third-order valence-electron chi connectivity index (χ3n) is 4.51. The predicted octanol–water partition coefficient (Wildman–Crippen LogP) is 3.84. The smallest absolute Gasteiger partial charge is 0.244 e. The van der Waals surface area contributed by atoms with Gasteiger partial charge in [-0.25, -0.2) is 13.4 Å². The number of pyridine rings is 1. The van der Waals surface area contributed by atoms with Crippen molar-refractivity contribution < 1.29 is 12.9 Å². The van der Waals surface area contributed by atoms with Gasteiger partial charge in [0.25, 0.3) is 0 Å². The highest BCUT2D eigenvalue weighted by Crippen LogP contribution is 2.33. The molecule has 0 aromatic carbocycles. The van der Waals surface area contributed by atoms with Crippen molar-refractivity contribution in [1.82, 2.24) is 19.4 Å². The summed E-state index contributed by atoms with van der Waals surface area (Å²) in [5, 5.41) is 4.65.